The first-order chi connectivity index (χ1) is 10.3. The van der Waals surface area contributed by atoms with Crippen LogP contribution >= 0.6 is 11.6 Å². The van der Waals surface area contributed by atoms with Crippen molar-refractivity contribution < 1.29 is 4.79 Å². The van der Waals surface area contributed by atoms with Gasteiger partial charge in [0.05, 0.1) is 16.8 Å². The number of aromatic nitrogens is 3. The molecule has 0 aliphatic carbocycles. The molecule has 7 heteroatoms. The number of nitrogens with zero attached hydrogens (tertiary/aromatic N) is 5. The molecule has 0 radical (unpaired) electrons. The molecule has 6 nitrogen and oxygen atoms in total. The Morgan fingerprint density at radius 1 is 1.05 bits per heavy atom. The molecule has 3 heterocycles. The van der Waals surface area contributed by atoms with E-state index in [4.69, 9.17) is 11.6 Å². The molecule has 21 heavy (non-hydrogen) atoms. The Hall–Kier alpha value is -2.21. The number of hydrogen-bond acceptors (Lipinski definition) is 5. The molecule has 0 atom stereocenters. The van der Waals surface area contributed by atoms with Crippen LogP contribution in [0, 0.1) is 0 Å². The first kappa shape index (κ1) is 13.8. The van der Waals surface area contributed by atoms with Crippen molar-refractivity contribution in [1.29, 1.82) is 0 Å². The Morgan fingerprint density at radius 3 is 2.48 bits per heavy atom. The number of amides is 1. The van der Waals surface area contributed by atoms with Crippen LogP contribution in [0.4, 0.5) is 5.82 Å². The highest BCUT2D eigenvalue weighted by atomic mass is 35.5. The van der Waals surface area contributed by atoms with Crippen molar-refractivity contribution in [3.8, 4) is 0 Å². The summed E-state index contributed by atoms with van der Waals surface area (Å²) in [5.41, 5.74) is 0.451. The van der Waals surface area contributed by atoms with E-state index in [-0.39, 0.29) is 5.91 Å². The van der Waals surface area contributed by atoms with Crippen LogP contribution in [0.5, 0.6) is 0 Å². The molecule has 1 fully saturated rings. The van der Waals surface area contributed by atoms with Gasteiger partial charge in [0.1, 0.15) is 5.82 Å². The zero-order chi connectivity index (χ0) is 14.7. The van der Waals surface area contributed by atoms with Crippen LogP contribution in [-0.4, -0.2) is 51.9 Å². The maximum atomic E-state index is 12.4. The van der Waals surface area contributed by atoms with Gasteiger partial charge in [-0.1, -0.05) is 11.6 Å². The zero-order valence-corrected chi connectivity index (χ0v) is 12.1. The molecule has 0 bridgehead atoms. The summed E-state index contributed by atoms with van der Waals surface area (Å²) in [5, 5.41) is 0.436. The minimum atomic E-state index is -0.0769. The Balaban J connectivity index is 1.66. The Labute approximate surface area is 127 Å². The largest absolute Gasteiger partial charge is 0.352 e. The van der Waals surface area contributed by atoms with Crippen LogP contribution in [0.15, 0.2) is 37.1 Å². The van der Waals surface area contributed by atoms with Crippen LogP contribution in [0.3, 0.4) is 0 Å². The first-order valence-corrected chi connectivity index (χ1v) is 7.03. The Kier molecular flexibility index (Phi) is 3.96. The molecule has 1 amide bonds. The molecule has 0 aromatic carbocycles. The smallest absolute Gasteiger partial charge is 0.257 e. The van der Waals surface area contributed by atoms with E-state index in [9.17, 15) is 4.79 Å². The van der Waals surface area contributed by atoms with Crippen LogP contribution in [0.25, 0.3) is 0 Å². The fourth-order valence-corrected chi connectivity index (χ4v) is 2.48. The summed E-state index contributed by atoms with van der Waals surface area (Å²) in [6.07, 6.45) is 8.14. The van der Waals surface area contributed by atoms with Gasteiger partial charge in [-0.05, 0) is 6.07 Å². The van der Waals surface area contributed by atoms with Gasteiger partial charge >= 0.3 is 0 Å². The molecule has 3 rings (SSSR count). The second-order valence-corrected chi connectivity index (χ2v) is 5.11. The number of hydrogen-bond donors (Lipinski definition) is 0. The SMILES string of the molecule is O=C(c1cnccc1Cl)N1CCN(c2cnccn2)CC1. The number of pyridine rings is 1. The number of carbonyl (C=O) groups excluding carboxylic acids is 1. The lowest BCUT2D eigenvalue weighted by atomic mass is 10.2. The van der Waals surface area contributed by atoms with Gasteiger partial charge < -0.3 is 9.80 Å². The van der Waals surface area contributed by atoms with Gasteiger partial charge in [0.2, 0.25) is 0 Å². The van der Waals surface area contributed by atoms with Gasteiger partial charge in [-0.2, -0.15) is 0 Å². The number of rotatable bonds is 2. The van der Waals surface area contributed by atoms with Crippen molar-refractivity contribution in [2.75, 3.05) is 31.1 Å². The fourth-order valence-electron chi connectivity index (χ4n) is 2.30. The van der Waals surface area contributed by atoms with E-state index >= 15 is 0 Å². The fraction of sp³-hybridized carbons (Fsp3) is 0.286. The number of anilines is 1. The van der Waals surface area contributed by atoms with E-state index in [0.29, 0.717) is 23.7 Å². The van der Waals surface area contributed by atoms with Crippen molar-refractivity contribution in [3.05, 3.63) is 47.6 Å². The van der Waals surface area contributed by atoms with E-state index in [0.717, 1.165) is 18.9 Å². The summed E-state index contributed by atoms with van der Waals surface area (Å²) < 4.78 is 0. The summed E-state index contributed by atoms with van der Waals surface area (Å²) in [7, 11) is 0. The molecule has 108 valence electrons. The highest BCUT2D eigenvalue weighted by Crippen LogP contribution is 2.18. The van der Waals surface area contributed by atoms with Gasteiger partial charge in [-0.3, -0.25) is 14.8 Å². The summed E-state index contributed by atoms with van der Waals surface area (Å²) >= 11 is 6.05. The molecule has 1 aliphatic rings. The van der Waals surface area contributed by atoms with Crippen molar-refractivity contribution in [1.82, 2.24) is 19.9 Å². The van der Waals surface area contributed by atoms with Crippen molar-refractivity contribution in [2.45, 2.75) is 0 Å². The lowest BCUT2D eigenvalue weighted by molar-refractivity contribution is 0.0746. The normalized spacial score (nSPS) is 15.1. The maximum absolute atomic E-state index is 12.4. The lowest BCUT2D eigenvalue weighted by Gasteiger charge is -2.35. The average Bonchev–Trinajstić information content (AvgIpc) is 2.56. The van der Waals surface area contributed by atoms with Crippen LogP contribution in [0.2, 0.25) is 5.02 Å². The van der Waals surface area contributed by atoms with E-state index in [1.807, 2.05) is 0 Å². The van der Waals surface area contributed by atoms with Gasteiger partial charge in [0, 0.05) is 51.0 Å². The zero-order valence-electron chi connectivity index (χ0n) is 11.3. The van der Waals surface area contributed by atoms with E-state index in [1.54, 1.807) is 35.8 Å². The minimum Gasteiger partial charge on any atom is -0.352 e. The van der Waals surface area contributed by atoms with Crippen LogP contribution in [0.1, 0.15) is 10.4 Å². The lowest BCUT2D eigenvalue weighted by Crippen LogP contribution is -2.49. The van der Waals surface area contributed by atoms with Gasteiger partial charge in [0.15, 0.2) is 0 Å². The van der Waals surface area contributed by atoms with Crippen molar-refractivity contribution in [2.24, 2.45) is 0 Å². The number of piperazine rings is 1. The molecule has 0 N–H and O–H groups in total. The number of halogens is 1. The van der Waals surface area contributed by atoms with Crippen LogP contribution < -0.4 is 4.90 Å². The molecular weight excluding hydrogens is 290 g/mol. The topological polar surface area (TPSA) is 62.2 Å². The highest BCUT2D eigenvalue weighted by molar-refractivity contribution is 6.33. The Bertz CT molecular complexity index is 628. The van der Waals surface area contributed by atoms with E-state index in [1.165, 1.54) is 6.20 Å². The summed E-state index contributed by atoms with van der Waals surface area (Å²) in [4.78, 5) is 28.6. The van der Waals surface area contributed by atoms with E-state index in [2.05, 4.69) is 19.9 Å². The highest BCUT2D eigenvalue weighted by Gasteiger charge is 2.24. The molecule has 0 spiro atoms. The Morgan fingerprint density at radius 2 is 1.81 bits per heavy atom. The van der Waals surface area contributed by atoms with E-state index < -0.39 is 0 Å². The van der Waals surface area contributed by atoms with Gasteiger partial charge in [-0.15, -0.1) is 0 Å². The number of carbonyl (C=O) groups is 1. The predicted molar refractivity (Wildman–Crippen MR) is 79.4 cm³/mol. The van der Waals surface area contributed by atoms with Gasteiger partial charge in [-0.25, -0.2) is 4.98 Å². The predicted octanol–water partition coefficient (Wildman–Crippen LogP) is 1.49. The first-order valence-electron chi connectivity index (χ1n) is 6.65. The average molecular weight is 304 g/mol. The molecule has 0 saturated carbocycles. The third-order valence-corrected chi connectivity index (χ3v) is 3.77. The van der Waals surface area contributed by atoms with Gasteiger partial charge in [0.25, 0.3) is 5.91 Å². The van der Waals surface area contributed by atoms with Crippen molar-refractivity contribution in [3.63, 3.8) is 0 Å². The molecule has 1 aliphatic heterocycles. The summed E-state index contributed by atoms with van der Waals surface area (Å²) in [6.45, 7) is 2.70. The monoisotopic (exact) mass is 303 g/mol. The molecule has 2 aromatic heterocycles. The van der Waals surface area contributed by atoms with Crippen LogP contribution in [-0.2, 0) is 0 Å². The molecule has 0 unspecified atom stereocenters. The molecular formula is C14H14ClN5O. The second-order valence-electron chi connectivity index (χ2n) is 4.70. The summed E-state index contributed by atoms with van der Waals surface area (Å²) in [5.74, 6) is 0.760. The van der Waals surface area contributed by atoms with Crippen molar-refractivity contribution >= 4 is 23.3 Å². The third kappa shape index (κ3) is 2.95. The maximum Gasteiger partial charge on any atom is 0.257 e. The molecule has 1 saturated heterocycles. The summed E-state index contributed by atoms with van der Waals surface area (Å²) in [6, 6.07) is 1.63. The molecule has 2 aromatic rings. The minimum absolute atomic E-state index is 0.0769. The third-order valence-electron chi connectivity index (χ3n) is 3.44. The quantitative estimate of drug-likeness (QED) is 0.841. The second kappa shape index (κ2) is 6.05. The standard InChI is InChI=1S/C14H14ClN5O/c15-12-1-2-16-9-11(12)14(21)20-7-5-19(6-8-20)13-10-17-3-4-18-13/h1-4,9-10H,5-8H2.